The van der Waals surface area contributed by atoms with Gasteiger partial charge in [-0.05, 0) is 36.6 Å². The second-order valence-electron chi connectivity index (χ2n) is 4.13. The highest BCUT2D eigenvalue weighted by molar-refractivity contribution is 9.10. The first-order valence-corrected chi connectivity index (χ1v) is 6.58. The van der Waals surface area contributed by atoms with Gasteiger partial charge in [-0.2, -0.15) is 0 Å². The van der Waals surface area contributed by atoms with E-state index in [4.69, 9.17) is 9.84 Å². The van der Waals surface area contributed by atoms with Crippen molar-refractivity contribution >= 4 is 15.9 Å². The van der Waals surface area contributed by atoms with E-state index in [-0.39, 0.29) is 13.2 Å². The highest BCUT2D eigenvalue weighted by atomic mass is 79.9. The number of ether oxygens (including phenoxy) is 1. The SMILES string of the molecule is CCC(O)(CC)COc1ccc(Br)c(CO)c1. The van der Waals surface area contributed by atoms with E-state index in [0.29, 0.717) is 18.6 Å². The molecule has 0 spiro atoms. The molecule has 2 N–H and O–H groups in total. The van der Waals surface area contributed by atoms with Gasteiger partial charge in [-0.25, -0.2) is 0 Å². The predicted octanol–water partition coefficient (Wildman–Crippen LogP) is 2.87. The van der Waals surface area contributed by atoms with Crippen LogP contribution in [-0.4, -0.2) is 22.4 Å². The van der Waals surface area contributed by atoms with Crippen molar-refractivity contribution < 1.29 is 14.9 Å². The molecule has 0 saturated heterocycles. The van der Waals surface area contributed by atoms with Gasteiger partial charge in [-0.3, -0.25) is 0 Å². The van der Waals surface area contributed by atoms with E-state index in [1.165, 1.54) is 0 Å². The number of aliphatic hydroxyl groups is 2. The van der Waals surface area contributed by atoms with E-state index >= 15 is 0 Å². The van der Waals surface area contributed by atoms with Gasteiger partial charge in [0.2, 0.25) is 0 Å². The molecule has 0 aliphatic heterocycles. The van der Waals surface area contributed by atoms with Gasteiger partial charge in [0.1, 0.15) is 12.4 Å². The van der Waals surface area contributed by atoms with Gasteiger partial charge in [-0.15, -0.1) is 0 Å². The van der Waals surface area contributed by atoms with E-state index in [1.54, 1.807) is 6.07 Å². The minimum atomic E-state index is -0.771. The fraction of sp³-hybridized carbons (Fsp3) is 0.538. The van der Waals surface area contributed by atoms with Crippen LogP contribution in [0.25, 0.3) is 0 Å². The van der Waals surface area contributed by atoms with Crippen molar-refractivity contribution in [2.24, 2.45) is 0 Å². The Kier molecular flexibility index (Phi) is 5.43. The maximum Gasteiger partial charge on any atom is 0.119 e. The average molecular weight is 303 g/mol. The molecule has 3 nitrogen and oxygen atoms in total. The Balaban J connectivity index is 2.69. The topological polar surface area (TPSA) is 49.7 Å². The van der Waals surface area contributed by atoms with Crippen molar-refractivity contribution in [3.8, 4) is 5.75 Å². The smallest absolute Gasteiger partial charge is 0.119 e. The molecule has 0 saturated carbocycles. The van der Waals surface area contributed by atoms with Crippen molar-refractivity contribution in [3.63, 3.8) is 0 Å². The first-order chi connectivity index (χ1) is 8.04. The predicted molar refractivity (Wildman–Crippen MR) is 71.1 cm³/mol. The Hall–Kier alpha value is -0.580. The van der Waals surface area contributed by atoms with Gasteiger partial charge in [-0.1, -0.05) is 29.8 Å². The minimum Gasteiger partial charge on any atom is -0.491 e. The summed E-state index contributed by atoms with van der Waals surface area (Å²) in [5, 5.41) is 19.2. The lowest BCUT2D eigenvalue weighted by atomic mass is 9.99. The van der Waals surface area contributed by atoms with Gasteiger partial charge in [0, 0.05) is 4.47 Å². The summed E-state index contributed by atoms with van der Waals surface area (Å²) in [6.45, 7) is 4.11. The molecular formula is C13H19BrO3. The summed E-state index contributed by atoms with van der Waals surface area (Å²) < 4.78 is 6.42. The third-order valence-electron chi connectivity index (χ3n) is 3.01. The Morgan fingerprint density at radius 1 is 1.29 bits per heavy atom. The summed E-state index contributed by atoms with van der Waals surface area (Å²) in [5.74, 6) is 0.664. The van der Waals surface area contributed by atoms with Crippen molar-refractivity contribution in [1.82, 2.24) is 0 Å². The summed E-state index contributed by atoms with van der Waals surface area (Å²) in [5.41, 5.74) is 0.00551. The third-order valence-corrected chi connectivity index (χ3v) is 3.78. The second kappa shape index (κ2) is 6.38. The molecule has 0 bridgehead atoms. The van der Waals surface area contributed by atoms with Crippen molar-refractivity contribution in [2.75, 3.05) is 6.61 Å². The maximum absolute atomic E-state index is 10.1. The summed E-state index contributed by atoms with van der Waals surface area (Å²) in [6.07, 6.45) is 1.32. The standard InChI is InChI=1S/C13H19BrO3/c1-3-13(16,4-2)9-17-11-5-6-12(14)10(7-11)8-15/h5-7,15-16H,3-4,8-9H2,1-2H3. The van der Waals surface area contributed by atoms with Crippen LogP contribution in [0.2, 0.25) is 0 Å². The van der Waals surface area contributed by atoms with Gasteiger partial charge >= 0.3 is 0 Å². The normalized spacial score (nSPS) is 11.6. The number of hydrogen-bond donors (Lipinski definition) is 2. The average Bonchev–Trinajstić information content (AvgIpc) is 2.37. The first kappa shape index (κ1) is 14.5. The Bertz CT molecular complexity index is 362. The number of halogens is 1. The molecule has 0 radical (unpaired) electrons. The van der Waals surface area contributed by atoms with Crippen LogP contribution in [0.3, 0.4) is 0 Å². The summed E-state index contributed by atoms with van der Waals surface area (Å²) in [6, 6.07) is 5.42. The number of rotatable bonds is 6. The molecule has 0 amide bonds. The zero-order valence-corrected chi connectivity index (χ0v) is 11.8. The van der Waals surface area contributed by atoms with Gasteiger partial charge in [0.15, 0.2) is 0 Å². The lowest BCUT2D eigenvalue weighted by molar-refractivity contribution is -0.0113. The van der Waals surface area contributed by atoms with E-state index in [9.17, 15) is 5.11 Å². The molecule has 1 aromatic carbocycles. The molecule has 0 aromatic heterocycles. The summed E-state index contributed by atoms with van der Waals surface area (Å²) in [7, 11) is 0. The zero-order chi connectivity index (χ0) is 12.9. The van der Waals surface area contributed by atoms with Crippen LogP contribution in [0.4, 0.5) is 0 Å². The molecule has 1 rings (SSSR count). The molecule has 0 unspecified atom stereocenters. The molecular weight excluding hydrogens is 284 g/mol. The van der Waals surface area contributed by atoms with Crippen LogP contribution in [0.1, 0.15) is 32.3 Å². The fourth-order valence-electron chi connectivity index (χ4n) is 1.43. The number of aliphatic hydroxyl groups excluding tert-OH is 1. The fourth-order valence-corrected chi connectivity index (χ4v) is 1.81. The monoisotopic (exact) mass is 302 g/mol. The number of benzene rings is 1. The highest BCUT2D eigenvalue weighted by Crippen LogP contribution is 2.24. The third kappa shape index (κ3) is 3.98. The Labute approximate surface area is 111 Å². The van der Waals surface area contributed by atoms with Gasteiger partial charge < -0.3 is 14.9 Å². The largest absolute Gasteiger partial charge is 0.491 e. The first-order valence-electron chi connectivity index (χ1n) is 5.79. The minimum absolute atomic E-state index is 0.0381. The van der Waals surface area contributed by atoms with Crippen LogP contribution in [0, 0.1) is 0 Å². The van der Waals surface area contributed by atoms with E-state index in [1.807, 2.05) is 26.0 Å². The molecule has 0 heterocycles. The van der Waals surface area contributed by atoms with Gasteiger partial charge in [0.05, 0.1) is 12.2 Å². The summed E-state index contributed by atoms with van der Waals surface area (Å²) >= 11 is 3.34. The molecule has 0 atom stereocenters. The number of hydrogen-bond acceptors (Lipinski definition) is 3. The molecule has 4 heteroatoms. The molecule has 0 fully saturated rings. The molecule has 17 heavy (non-hydrogen) atoms. The van der Waals surface area contributed by atoms with Crippen molar-refractivity contribution in [2.45, 2.75) is 38.9 Å². The summed E-state index contributed by atoms with van der Waals surface area (Å²) in [4.78, 5) is 0. The van der Waals surface area contributed by atoms with Crippen LogP contribution < -0.4 is 4.74 Å². The Morgan fingerprint density at radius 3 is 2.47 bits per heavy atom. The van der Waals surface area contributed by atoms with Crippen molar-refractivity contribution in [1.29, 1.82) is 0 Å². The van der Waals surface area contributed by atoms with Crippen molar-refractivity contribution in [3.05, 3.63) is 28.2 Å². The lowest BCUT2D eigenvalue weighted by Gasteiger charge is -2.25. The highest BCUT2D eigenvalue weighted by Gasteiger charge is 2.23. The zero-order valence-electron chi connectivity index (χ0n) is 10.2. The van der Waals surface area contributed by atoms with Crippen LogP contribution in [-0.2, 0) is 6.61 Å². The van der Waals surface area contributed by atoms with E-state index < -0.39 is 5.60 Å². The van der Waals surface area contributed by atoms with Crippen LogP contribution in [0.5, 0.6) is 5.75 Å². The maximum atomic E-state index is 10.1. The van der Waals surface area contributed by atoms with Crippen LogP contribution in [0.15, 0.2) is 22.7 Å². The van der Waals surface area contributed by atoms with Crippen LogP contribution >= 0.6 is 15.9 Å². The molecule has 96 valence electrons. The van der Waals surface area contributed by atoms with Gasteiger partial charge in [0.25, 0.3) is 0 Å². The van der Waals surface area contributed by atoms with E-state index in [2.05, 4.69) is 15.9 Å². The van der Waals surface area contributed by atoms with E-state index in [0.717, 1.165) is 10.0 Å². The molecule has 0 aliphatic carbocycles. The second-order valence-corrected chi connectivity index (χ2v) is 4.99. The Morgan fingerprint density at radius 2 is 1.94 bits per heavy atom. The lowest BCUT2D eigenvalue weighted by Crippen LogP contribution is -2.34. The molecule has 0 aliphatic rings. The quantitative estimate of drug-likeness (QED) is 0.849. The molecule has 1 aromatic rings.